The molecule has 2 atom stereocenters. The summed E-state index contributed by atoms with van der Waals surface area (Å²) in [4.78, 5) is 13.7. The zero-order chi connectivity index (χ0) is 23.4. The van der Waals surface area contributed by atoms with Gasteiger partial charge in [-0.05, 0) is 24.3 Å². The lowest BCUT2D eigenvalue weighted by Crippen LogP contribution is -2.54. The van der Waals surface area contributed by atoms with E-state index in [4.69, 9.17) is 4.74 Å². The lowest BCUT2D eigenvalue weighted by Gasteiger charge is -2.41. The Morgan fingerprint density at radius 2 is 1.47 bits per heavy atom. The molecule has 8 N–H and O–H groups in total. The Balaban J connectivity index is 1.98. The van der Waals surface area contributed by atoms with Gasteiger partial charge in [0.25, 0.3) is 0 Å². The number of fused-ring (bicyclic) bond motifs is 1. The molecule has 1 aliphatic heterocycles. The molecule has 1 heterocycles. The molecule has 0 amide bonds. The Labute approximate surface area is 180 Å². The zero-order valence-electron chi connectivity index (χ0n) is 16.2. The number of carbonyl (C=O) groups is 1. The highest BCUT2D eigenvalue weighted by molar-refractivity contribution is 6.05. The van der Waals surface area contributed by atoms with Crippen LogP contribution >= 0.6 is 0 Å². The van der Waals surface area contributed by atoms with Gasteiger partial charge in [-0.2, -0.15) is 0 Å². The van der Waals surface area contributed by atoms with Crippen LogP contribution in [-0.2, 0) is 12.0 Å². The van der Waals surface area contributed by atoms with Crippen LogP contribution in [0.15, 0.2) is 42.5 Å². The van der Waals surface area contributed by atoms with Crippen molar-refractivity contribution >= 4 is 5.78 Å². The van der Waals surface area contributed by atoms with Crippen LogP contribution in [0.5, 0.6) is 46.0 Å². The number of ketones is 1. The summed E-state index contributed by atoms with van der Waals surface area (Å²) in [6, 6.07) is 7.13. The average Bonchev–Trinajstić information content (AvgIpc) is 2.73. The lowest BCUT2D eigenvalue weighted by molar-refractivity contribution is -0.0494. The fraction of sp³-hybridized carbons (Fsp3) is 0.136. The molecule has 0 aromatic heterocycles. The minimum Gasteiger partial charge on any atom is -0.508 e. The normalized spacial score (nSPS) is 19.7. The van der Waals surface area contributed by atoms with Crippen molar-refractivity contribution in [3.63, 3.8) is 0 Å². The summed E-state index contributed by atoms with van der Waals surface area (Å²) < 4.78 is 5.86. The molecule has 4 rings (SSSR count). The maximum absolute atomic E-state index is 13.7. The predicted octanol–water partition coefficient (Wildman–Crippen LogP) is 1.70. The van der Waals surface area contributed by atoms with Crippen LogP contribution in [0.3, 0.4) is 0 Å². The van der Waals surface area contributed by atoms with Gasteiger partial charge in [-0.1, -0.05) is 6.07 Å². The lowest BCUT2D eigenvalue weighted by atomic mass is 9.76. The van der Waals surface area contributed by atoms with Gasteiger partial charge in [0, 0.05) is 35.2 Å². The molecule has 0 saturated carbocycles. The number of aliphatic hydroxyl groups is 1. The number of benzene rings is 3. The summed E-state index contributed by atoms with van der Waals surface area (Å²) in [6.07, 6.45) is -1.98. The fourth-order valence-corrected chi connectivity index (χ4v) is 3.78. The number of ether oxygens (including phenoxy) is 1. The van der Waals surface area contributed by atoms with E-state index in [1.165, 1.54) is 6.07 Å². The largest absolute Gasteiger partial charge is 0.508 e. The van der Waals surface area contributed by atoms with E-state index in [1.54, 1.807) is 0 Å². The molecular weight excluding hydrogens is 424 g/mol. The standard InChI is InChI=1S/C22H18O10/c23-11-6-14(25)12-8-19(29)22(32-18(12)7-11,10-1-2-13(24)15(26)5-10)21(31)9-3-16(27)20(30)17(28)4-9/h1-7,19,23-30H,8H2. The van der Waals surface area contributed by atoms with E-state index in [0.29, 0.717) is 0 Å². The molecule has 10 heteroatoms. The van der Waals surface area contributed by atoms with Crippen molar-refractivity contribution in [3.8, 4) is 46.0 Å². The second kappa shape index (κ2) is 7.13. The maximum Gasteiger partial charge on any atom is 0.222 e. The maximum atomic E-state index is 13.7. The fourth-order valence-electron chi connectivity index (χ4n) is 3.78. The van der Waals surface area contributed by atoms with Crippen molar-refractivity contribution in [3.05, 3.63) is 59.2 Å². The minimum atomic E-state index is -2.30. The molecule has 3 aromatic rings. The zero-order valence-corrected chi connectivity index (χ0v) is 16.2. The van der Waals surface area contributed by atoms with E-state index < -0.39 is 46.2 Å². The average molecular weight is 442 g/mol. The molecule has 1 aliphatic rings. The first-order chi connectivity index (χ1) is 15.0. The monoisotopic (exact) mass is 442 g/mol. The molecule has 0 spiro atoms. The van der Waals surface area contributed by atoms with Crippen molar-refractivity contribution in [1.82, 2.24) is 0 Å². The van der Waals surface area contributed by atoms with Gasteiger partial charge in [-0.25, -0.2) is 0 Å². The summed E-state index contributed by atoms with van der Waals surface area (Å²) in [5.41, 5.74) is -2.66. The number of aromatic hydroxyl groups is 7. The van der Waals surface area contributed by atoms with Crippen LogP contribution < -0.4 is 4.74 Å². The van der Waals surface area contributed by atoms with Gasteiger partial charge in [0.1, 0.15) is 23.4 Å². The molecule has 0 saturated heterocycles. The van der Waals surface area contributed by atoms with Crippen molar-refractivity contribution in [2.45, 2.75) is 18.1 Å². The van der Waals surface area contributed by atoms with Gasteiger partial charge in [0.15, 0.2) is 28.7 Å². The molecule has 166 valence electrons. The number of hydrogen-bond donors (Lipinski definition) is 8. The molecule has 2 unspecified atom stereocenters. The number of hydrogen-bond acceptors (Lipinski definition) is 10. The minimum absolute atomic E-state index is 0.106. The van der Waals surface area contributed by atoms with Crippen molar-refractivity contribution < 1.29 is 50.4 Å². The van der Waals surface area contributed by atoms with Crippen LogP contribution in [0.1, 0.15) is 21.5 Å². The molecule has 0 fully saturated rings. The van der Waals surface area contributed by atoms with E-state index in [9.17, 15) is 45.6 Å². The smallest absolute Gasteiger partial charge is 0.222 e. The number of rotatable bonds is 3. The summed E-state index contributed by atoms with van der Waals surface area (Å²) in [7, 11) is 0. The van der Waals surface area contributed by atoms with Gasteiger partial charge in [0.05, 0.1) is 0 Å². The van der Waals surface area contributed by atoms with Crippen LogP contribution in [0.2, 0.25) is 0 Å². The van der Waals surface area contributed by atoms with E-state index in [0.717, 1.165) is 36.4 Å². The van der Waals surface area contributed by atoms with Crippen molar-refractivity contribution in [2.75, 3.05) is 0 Å². The Kier molecular flexibility index (Phi) is 4.67. The first-order valence-electron chi connectivity index (χ1n) is 9.28. The third-order valence-electron chi connectivity index (χ3n) is 5.38. The summed E-state index contributed by atoms with van der Waals surface area (Å²) in [5.74, 6) is -5.49. The van der Waals surface area contributed by atoms with Crippen LogP contribution in [0.4, 0.5) is 0 Å². The third kappa shape index (κ3) is 3.05. The third-order valence-corrected chi connectivity index (χ3v) is 5.38. The topological polar surface area (TPSA) is 188 Å². The SMILES string of the molecule is O=C(c1cc(O)c(O)c(O)c1)C1(c2ccc(O)c(O)c2)Oc2cc(O)cc(O)c2CC1O. The molecular formula is C22H18O10. The molecule has 10 nitrogen and oxygen atoms in total. The Morgan fingerprint density at radius 1 is 0.812 bits per heavy atom. The van der Waals surface area contributed by atoms with Gasteiger partial charge >= 0.3 is 0 Å². The van der Waals surface area contributed by atoms with E-state index in [1.807, 2.05) is 0 Å². The van der Waals surface area contributed by atoms with Crippen LogP contribution in [0, 0.1) is 0 Å². The highest BCUT2D eigenvalue weighted by Gasteiger charge is 2.53. The van der Waals surface area contributed by atoms with Crippen LogP contribution in [-0.4, -0.2) is 52.7 Å². The molecule has 32 heavy (non-hydrogen) atoms. The Bertz CT molecular complexity index is 1230. The molecule has 0 aliphatic carbocycles. The first-order valence-corrected chi connectivity index (χ1v) is 9.28. The van der Waals surface area contributed by atoms with Gasteiger partial charge in [0.2, 0.25) is 11.4 Å². The Hall–Kier alpha value is -4.31. The predicted molar refractivity (Wildman–Crippen MR) is 107 cm³/mol. The number of aliphatic hydroxyl groups excluding tert-OH is 1. The highest BCUT2D eigenvalue weighted by atomic mass is 16.5. The highest BCUT2D eigenvalue weighted by Crippen LogP contribution is 2.48. The Morgan fingerprint density at radius 3 is 2.09 bits per heavy atom. The van der Waals surface area contributed by atoms with Crippen molar-refractivity contribution in [2.24, 2.45) is 0 Å². The number of phenols is 7. The van der Waals surface area contributed by atoms with Gasteiger partial charge < -0.3 is 45.6 Å². The molecule has 0 radical (unpaired) electrons. The van der Waals surface area contributed by atoms with E-state index >= 15 is 0 Å². The first kappa shape index (κ1) is 20.9. The summed E-state index contributed by atoms with van der Waals surface area (Å²) in [6.45, 7) is 0. The van der Waals surface area contributed by atoms with Crippen LogP contribution in [0.25, 0.3) is 0 Å². The molecule has 0 bridgehead atoms. The van der Waals surface area contributed by atoms with E-state index in [-0.39, 0.29) is 40.4 Å². The van der Waals surface area contributed by atoms with Gasteiger partial charge in [-0.3, -0.25) is 4.79 Å². The molecule has 3 aromatic carbocycles. The second-order valence-electron chi connectivity index (χ2n) is 7.39. The number of phenolic OH excluding ortho intramolecular Hbond substituents is 7. The van der Waals surface area contributed by atoms with Gasteiger partial charge in [-0.15, -0.1) is 0 Å². The number of carbonyl (C=O) groups excluding carboxylic acids is 1. The summed E-state index contributed by atoms with van der Waals surface area (Å²) in [5, 5.41) is 80.1. The van der Waals surface area contributed by atoms with Crippen molar-refractivity contribution in [1.29, 1.82) is 0 Å². The second-order valence-corrected chi connectivity index (χ2v) is 7.39. The summed E-state index contributed by atoms with van der Waals surface area (Å²) >= 11 is 0. The van der Waals surface area contributed by atoms with E-state index in [2.05, 4.69) is 0 Å². The quantitative estimate of drug-likeness (QED) is 0.219. The number of Topliss-reactive ketones (excluding diaryl/α,β-unsaturated/α-hetero) is 1.